The van der Waals surface area contributed by atoms with E-state index in [4.69, 9.17) is 0 Å². The van der Waals surface area contributed by atoms with Crippen LogP contribution in [0.4, 0.5) is 0 Å². The van der Waals surface area contributed by atoms with E-state index in [1.807, 2.05) is 18.7 Å². The molecule has 4 rings (SSSR count). The van der Waals surface area contributed by atoms with Crippen molar-refractivity contribution in [3.05, 3.63) is 35.4 Å². The van der Waals surface area contributed by atoms with Crippen molar-refractivity contribution in [1.29, 1.82) is 0 Å². The van der Waals surface area contributed by atoms with Gasteiger partial charge < -0.3 is 10.2 Å². The van der Waals surface area contributed by atoms with E-state index in [1.165, 1.54) is 11.3 Å². The minimum atomic E-state index is -0.751. The summed E-state index contributed by atoms with van der Waals surface area (Å²) >= 11 is 0. The van der Waals surface area contributed by atoms with Gasteiger partial charge in [-0.3, -0.25) is 19.3 Å². The maximum atomic E-state index is 13.4. The third kappa shape index (κ3) is 3.36. The van der Waals surface area contributed by atoms with E-state index in [-0.39, 0.29) is 36.0 Å². The summed E-state index contributed by atoms with van der Waals surface area (Å²) in [6.07, 6.45) is 3.17. The normalized spacial score (nSPS) is 25.3. The van der Waals surface area contributed by atoms with Crippen LogP contribution in [0.1, 0.15) is 53.8 Å². The average molecular weight is 392 g/mol. The van der Waals surface area contributed by atoms with E-state index >= 15 is 0 Å². The number of halogens is 1. The fourth-order valence-electron chi connectivity index (χ4n) is 4.48. The van der Waals surface area contributed by atoms with Crippen LogP contribution >= 0.6 is 12.4 Å². The molecule has 0 aromatic heterocycles. The molecule has 3 aliphatic heterocycles. The fourth-order valence-corrected chi connectivity index (χ4v) is 4.48. The number of nitrogens with one attached hydrogen (secondary N) is 1. The summed E-state index contributed by atoms with van der Waals surface area (Å²) in [6, 6.07) is 6.86. The van der Waals surface area contributed by atoms with Crippen molar-refractivity contribution >= 4 is 30.1 Å². The van der Waals surface area contributed by atoms with E-state index in [2.05, 4.69) is 5.32 Å². The van der Waals surface area contributed by atoms with Crippen LogP contribution in [0.15, 0.2) is 24.3 Å². The largest absolute Gasteiger partial charge is 0.339 e. The van der Waals surface area contributed by atoms with Crippen molar-refractivity contribution < 1.29 is 14.4 Å². The lowest BCUT2D eigenvalue weighted by Gasteiger charge is -2.34. The van der Waals surface area contributed by atoms with Crippen LogP contribution in [0, 0.1) is 5.92 Å². The molecule has 1 aromatic carbocycles. The molecule has 3 heterocycles. The Kier molecular flexibility index (Phi) is 5.58. The maximum absolute atomic E-state index is 13.4. The second-order valence-corrected chi connectivity index (χ2v) is 7.93. The topological polar surface area (TPSA) is 69.7 Å². The van der Waals surface area contributed by atoms with Gasteiger partial charge in [0, 0.05) is 25.2 Å². The van der Waals surface area contributed by atoms with Crippen molar-refractivity contribution in [1.82, 2.24) is 15.1 Å². The summed E-state index contributed by atoms with van der Waals surface area (Å²) in [6.45, 7) is 5.13. The van der Waals surface area contributed by atoms with Crippen molar-refractivity contribution in [2.45, 2.75) is 51.2 Å². The maximum Gasteiger partial charge on any atom is 0.262 e. The molecule has 3 atom stereocenters. The van der Waals surface area contributed by atoms with Gasteiger partial charge in [-0.1, -0.05) is 26.0 Å². The Morgan fingerprint density at radius 1 is 1.04 bits per heavy atom. The second kappa shape index (κ2) is 7.60. The Morgan fingerprint density at radius 2 is 1.63 bits per heavy atom. The fraction of sp³-hybridized carbons (Fsp3) is 0.550. The Morgan fingerprint density at radius 3 is 2.22 bits per heavy atom. The number of hydrogen-bond acceptors (Lipinski definition) is 4. The summed E-state index contributed by atoms with van der Waals surface area (Å²) in [7, 11) is 0. The van der Waals surface area contributed by atoms with Crippen molar-refractivity contribution in [3.63, 3.8) is 0 Å². The molecule has 3 aliphatic rings. The van der Waals surface area contributed by atoms with Crippen LogP contribution in [-0.2, 0) is 4.79 Å². The summed E-state index contributed by atoms with van der Waals surface area (Å²) in [5.74, 6) is -0.957. The highest BCUT2D eigenvalue weighted by Crippen LogP contribution is 2.29. The first-order chi connectivity index (χ1) is 12.5. The number of likely N-dealkylation sites (tertiary alicyclic amines) is 1. The molecule has 146 valence electrons. The number of imide groups is 1. The van der Waals surface area contributed by atoms with Gasteiger partial charge >= 0.3 is 0 Å². The second-order valence-electron chi connectivity index (χ2n) is 7.93. The predicted molar refractivity (Wildman–Crippen MR) is 104 cm³/mol. The SMILES string of the molecule is CC(C)C(C(=O)N1CCC2CCC(C1)N2)N1C(=O)c2ccccc2C1=O.Cl. The molecule has 3 unspecified atom stereocenters. The van der Waals surface area contributed by atoms with Gasteiger partial charge in [-0.2, -0.15) is 0 Å². The quantitative estimate of drug-likeness (QED) is 0.801. The van der Waals surface area contributed by atoms with Gasteiger partial charge in [0.05, 0.1) is 11.1 Å². The van der Waals surface area contributed by atoms with E-state index < -0.39 is 6.04 Å². The average Bonchev–Trinajstić information content (AvgIpc) is 3.07. The Balaban J connectivity index is 0.00000210. The van der Waals surface area contributed by atoms with Gasteiger partial charge in [-0.25, -0.2) is 0 Å². The predicted octanol–water partition coefficient (Wildman–Crippen LogP) is 2.08. The summed E-state index contributed by atoms with van der Waals surface area (Å²) in [5, 5.41) is 3.57. The van der Waals surface area contributed by atoms with Gasteiger partial charge in [-0.05, 0) is 37.3 Å². The lowest BCUT2D eigenvalue weighted by atomic mass is 9.99. The molecule has 1 aromatic rings. The highest BCUT2D eigenvalue weighted by molar-refractivity contribution is 6.22. The van der Waals surface area contributed by atoms with Crippen LogP contribution in [-0.4, -0.2) is 58.7 Å². The van der Waals surface area contributed by atoms with Gasteiger partial charge in [-0.15, -0.1) is 12.4 Å². The number of benzene rings is 1. The monoisotopic (exact) mass is 391 g/mol. The Labute approximate surface area is 165 Å². The van der Waals surface area contributed by atoms with Gasteiger partial charge in [0.1, 0.15) is 6.04 Å². The first kappa shape index (κ1) is 19.8. The molecular weight excluding hydrogens is 366 g/mol. The number of carbonyl (C=O) groups is 3. The van der Waals surface area contributed by atoms with E-state index in [9.17, 15) is 14.4 Å². The van der Waals surface area contributed by atoms with Crippen molar-refractivity contribution in [2.24, 2.45) is 5.92 Å². The molecule has 6 nitrogen and oxygen atoms in total. The minimum Gasteiger partial charge on any atom is -0.339 e. The number of hydrogen-bond donors (Lipinski definition) is 1. The highest BCUT2D eigenvalue weighted by Gasteiger charge is 2.45. The standard InChI is InChI=1S/C20H25N3O3.ClH/c1-12(2)17(20(26)22-10-9-13-7-8-14(11-22)21-13)23-18(24)15-5-3-4-6-16(15)19(23)25;/h3-6,12-14,17,21H,7-11H2,1-2H3;1H. The number of amides is 3. The third-order valence-corrected chi connectivity index (χ3v) is 5.82. The van der Waals surface area contributed by atoms with Crippen LogP contribution < -0.4 is 5.32 Å². The molecule has 0 aliphatic carbocycles. The first-order valence-electron chi connectivity index (χ1n) is 9.49. The summed E-state index contributed by atoms with van der Waals surface area (Å²) in [5.41, 5.74) is 0.792. The molecule has 27 heavy (non-hydrogen) atoms. The first-order valence-corrected chi connectivity index (χ1v) is 9.49. The third-order valence-electron chi connectivity index (χ3n) is 5.82. The molecule has 2 bridgehead atoms. The van der Waals surface area contributed by atoms with Crippen molar-refractivity contribution in [3.8, 4) is 0 Å². The molecule has 3 amide bonds. The van der Waals surface area contributed by atoms with Gasteiger partial charge in [0.15, 0.2) is 0 Å². The smallest absolute Gasteiger partial charge is 0.262 e. The van der Waals surface area contributed by atoms with Gasteiger partial charge in [0.2, 0.25) is 5.91 Å². The lowest BCUT2D eigenvalue weighted by molar-refractivity contribution is -0.137. The number of fused-ring (bicyclic) bond motifs is 3. The van der Waals surface area contributed by atoms with E-state index in [0.717, 1.165) is 12.8 Å². The molecule has 7 heteroatoms. The zero-order chi connectivity index (χ0) is 18.4. The number of rotatable bonds is 3. The lowest BCUT2D eigenvalue weighted by Crippen LogP contribution is -2.54. The Bertz CT molecular complexity index is 732. The molecule has 0 spiro atoms. The van der Waals surface area contributed by atoms with E-state index in [1.54, 1.807) is 24.3 Å². The van der Waals surface area contributed by atoms with Crippen LogP contribution in [0.5, 0.6) is 0 Å². The van der Waals surface area contributed by atoms with Crippen molar-refractivity contribution in [2.75, 3.05) is 13.1 Å². The molecule has 0 radical (unpaired) electrons. The molecule has 0 saturated carbocycles. The highest BCUT2D eigenvalue weighted by atomic mass is 35.5. The van der Waals surface area contributed by atoms with Crippen LogP contribution in [0.25, 0.3) is 0 Å². The zero-order valence-electron chi connectivity index (χ0n) is 15.7. The molecule has 1 N–H and O–H groups in total. The van der Waals surface area contributed by atoms with Crippen LogP contribution in [0.2, 0.25) is 0 Å². The van der Waals surface area contributed by atoms with Crippen LogP contribution in [0.3, 0.4) is 0 Å². The summed E-state index contributed by atoms with van der Waals surface area (Å²) in [4.78, 5) is 42.1. The zero-order valence-corrected chi connectivity index (χ0v) is 16.5. The number of carbonyl (C=O) groups excluding carboxylic acids is 3. The molecule has 2 saturated heterocycles. The Hall–Kier alpha value is -1.92. The van der Waals surface area contributed by atoms with E-state index in [0.29, 0.717) is 36.3 Å². The number of nitrogens with zero attached hydrogens (tertiary/aromatic N) is 2. The summed E-state index contributed by atoms with van der Waals surface area (Å²) < 4.78 is 0. The molecule has 2 fully saturated rings. The minimum absolute atomic E-state index is 0. The van der Waals surface area contributed by atoms with Gasteiger partial charge in [0.25, 0.3) is 11.8 Å². The molecular formula is C20H26ClN3O3.